The zero-order valence-corrected chi connectivity index (χ0v) is 9.44. The van der Waals surface area contributed by atoms with E-state index < -0.39 is 8.24 Å². The highest BCUT2D eigenvalue weighted by molar-refractivity contribution is 6.75. The topological polar surface area (TPSA) is 38.3 Å². The van der Waals surface area contributed by atoms with Gasteiger partial charge in [0.2, 0.25) is 0 Å². The lowest BCUT2D eigenvalue weighted by Crippen LogP contribution is -2.45. The molecule has 0 bridgehead atoms. The van der Waals surface area contributed by atoms with Gasteiger partial charge in [0, 0.05) is 0 Å². The molecule has 0 aliphatic carbocycles. The Labute approximate surface area is 75.6 Å². The summed E-state index contributed by atoms with van der Waals surface area (Å²) in [6.07, 6.45) is 1.74. The fraction of sp³-hybridized carbons (Fsp3) is 0.875. The molecule has 0 aromatic carbocycles. The van der Waals surface area contributed by atoms with Gasteiger partial charge < -0.3 is 9.72 Å². The van der Waals surface area contributed by atoms with Crippen molar-refractivity contribution in [1.82, 2.24) is 4.98 Å². The van der Waals surface area contributed by atoms with Crippen molar-refractivity contribution < 1.29 is 9.53 Å². The Balaban J connectivity index is 3.47. The molecule has 72 valence electrons. The first kappa shape index (κ1) is 11.5. The molecule has 1 N–H and O–H groups in total. The lowest BCUT2D eigenvalue weighted by atomic mass is 10.4. The molecule has 0 unspecified atom stereocenters. The summed E-state index contributed by atoms with van der Waals surface area (Å²) in [5.41, 5.74) is 0. The average Bonchev–Trinajstić information content (AvgIpc) is 1.84. The molecule has 0 rings (SSSR count). The van der Waals surface area contributed by atoms with Crippen LogP contribution in [-0.2, 0) is 4.74 Å². The highest BCUT2D eigenvalue weighted by Gasteiger charge is 2.16. The molecule has 4 heteroatoms. The Morgan fingerprint density at radius 3 is 2.42 bits per heavy atom. The number of unbranched alkanes of at least 4 members (excludes halogenated alkanes) is 1. The van der Waals surface area contributed by atoms with E-state index in [1.807, 2.05) is 0 Å². The zero-order chi connectivity index (χ0) is 9.61. The lowest BCUT2D eigenvalue weighted by molar-refractivity contribution is 0.150. The smallest absolute Gasteiger partial charge is 0.399 e. The number of rotatable bonds is 4. The quantitative estimate of drug-likeness (QED) is 0.544. The van der Waals surface area contributed by atoms with Crippen LogP contribution >= 0.6 is 0 Å². The Bertz CT molecular complexity index is 142. The van der Waals surface area contributed by atoms with Gasteiger partial charge in [-0.2, -0.15) is 0 Å². The number of nitrogens with one attached hydrogen (secondary N) is 1. The van der Waals surface area contributed by atoms with Crippen molar-refractivity contribution in [3.8, 4) is 0 Å². The first-order chi connectivity index (χ1) is 5.45. The maximum Gasteiger partial charge on any atom is 0.399 e. The average molecular weight is 189 g/mol. The number of ether oxygens (including phenoxy) is 1. The van der Waals surface area contributed by atoms with E-state index >= 15 is 0 Å². The van der Waals surface area contributed by atoms with Crippen molar-refractivity contribution in [3.63, 3.8) is 0 Å². The number of carbonyl (C=O) groups is 1. The van der Waals surface area contributed by atoms with Crippen LogP contribution in [0.25, 0.3) is 0 Å². The van der Waals surface area contributed by atoms with Crippen LogP contribution in [0.3, 0.4) is 0 Å². The van der Waals surface area contributed by atoms with Gasteiger partial charge in [-0.25, -0.2) is 4.79 Å². The van der Waals surface area contributed by atoms with Crippen LogP contribution in [0.1, 0.15) is 19.8 Å². The molecule has 0 saturated heterocycles. The fourth-order valence-electron chi connectivity index (χ4n) is 0.651. The van der Waals surface area contributed by atoms with Crippen molar-refractivity contribution in [1.29, 1.82) is 0 Å². The second-order valence-electron chi connectivity index (χ2n) is 3.86. The summed E-state index contributed by atoms with van der Waals surface area (Å²) in [5, 5.41) is 0. The molecule has 0 radical (unpaired) electrons. The van der Waals surface area contributed by atoms with E-state index in [0.29, 0.717) is 6.61 Å². The number of amides is 1. The molecule has 12 heavy (non-hydrogen) atoms. The van der Waals surface area contributed by atoms with Crippen molar-refractivity contribution in [2.24, 2.45) is 0 Å². The maximum atomic E-state index is 11.0. The second-order valence-corrected chi connectivity index (χ2v) is 8.61. The summed E-state index contributed by atoms with van der Waals surface area (Å²) in [6, 6.07) is 0. The third-order valence-electron chi connectivity index (χ3n) is 1.21. The molecule has 0 aromatic heterocycles. The Morgan fingerprint density at radius 2 is 2.00 bits per heavy atom. The minimum atomic E-state index is -1.51. The van der Waals surface area contributed by atoms with E-state index in [1.54, 1.807) is 0 Å². The van der Waals surface area contributed by atoms with Crippen LogP contribution in [-0.4, -0.2) is 20.9 Å². The normalized spacial score (nSPS) is 11.0. The molecular weight excluding hydrogens is 170 g/mol. The molecule has 3 nitrogen and oxygen atoms in total. The predicted octanol–water partition coefficient (Wildman–Crippen LogP) is 2.35. The minimum absolute atomic E-state index is 0.261. The van der Waals surface area contributed by atoms with E-state index in [4.69, 9.17) is 4.74 Å². The van der Waals surface area contributed by atoms with Gasteiger partial charge in [0.1, 0.15) is 0 Å². The van der Waals surface area contributed by atoms with Crippen LogP contribution in [0.4, 0.5) is 4.79 Å². The lowest BCUT2D eigenvalue weighted by Gasteiger charge is -2.17. The highest BCUT2D eigenvalue weighted by Crippen LogP contribution is 1.96. The number of hydrogen-bond acceptors (Lipinski definition) is 2. The summed E-state index contributed by atoms with van der Waals surface area (Å²) in [7, 11) is -1.51. The third kappa shape index (κ3) is 7.59. The van der Waals surface area contributed by atoms with Gasteiger partial charge in [-0.05, 0) is 6.42 Å². The van der Waals surface area contributed by atoms with E-state index in [-0.39, 0.29) is 6.09 Å². The minimum Gasteiger partial charge on any atom is -0.450 e. The Kier molecular flexibility index (Phi) is 4.97. The highest BCUT2D eigenvalue weighted by atomic mass is 28.3. The largest absolute Gasteiger partial charge is 0.450 e. The van der Waals surface area contributed by atoms with Gasteiger partial charge in [-0.15, -0.1) is 0 Å². The van der Waals surface area contributed by atoms with E-state index in [1.165, 1.54) is 0 Å². The van der Waals surface area contributed by atoms with Crippen molar-refractivity contribution in [2.45, 2.75) is 39.4 Å². The van der Waals surface area contributed by atoms with Gasteiger partial charge >= 0.3 is 6.09 Å². The van der Waals surface area contributed by atoms with E-state index in [2.05, 4.69) is 31.5 Å². The van der Waals surface area contributed by atoms with Crippen molar-refractivity contribution >= 4 is 14.3 Å². The second kappa shape index (κ2) is 5.19. The molecule has 0 aliphatic heterocycles. The van der Waals surface area contributed by atoms with Crippen molar-refractivity contribution in [2.75, 3.05) is 6.61 Å². The zero-order valence-electron chi connectivity index (χ0n) is 8.44. The van der Waals surface area contributed by atoms with Crippen LogP contribution < -0.4 is 4.98 Å². The Morgan fingerprint density at radius 1 is 1.42 bits per heavy atom. The SMILES string of the molecule is CCCCOC(=O)N[Si](C)(C)C. The third-order valence-corrected chi connectivity index (χ3v) is 2.16. The van der Waals surface area contributed by atoms with Crippen LogP contribution in [0, 0.1) is 0 Å². The van der Waals surface area contributed by atoms with Crippen LogP contribution in [0.15, 0.2) is 0 Å². The van der Waals surface area contributed by atoms with Crippen LogP contribution in [0.2, 0.25) is 19.6 Å². The monoisotopic (exact) mass is 189 g/mol. The van der Waals surface area contributed by atoms with Gasteiger partial charge in [-0.1, -0.05) is 33.0 Å². The summed E-state index contributed by atoms with van der Waals surface area (Å²) in [5.74, 6) is 0. The predicted molar refractivity (Wildman–Crippen MR) is 52.7 cm³/mol. The number of carbonyl (C=O) groups excluding carboxylic acids is 1. The van der Waals surface area contributed by atoms with Crippen LogP contribution in [0.5, 0.6) is 0 Å². The standard InChI is InChI=1S/C8H19NO2Si/c1-5-6-7-11-8(10)9-12(2,3)4/h5-7H2,1-4H3,(H,9,10). The van der Waals surface area contributed by atoms with E-state index in [0.717, 1.165) is 12.8 Å². The summed E-state index contributed by atoms with van der Waals surface area (Å²) in [4.78, 5) is 13.9. The summed E-state index contributed by atoms with van der Waals surface area (Å²) in [6.45, 7) is 8.79. The molecule has 0 fully saturated rings. The molecule has 0 atom stereocenters. The van der Waals surface area contributed by atoms with Crippen molar-refractivity contribution in [3.05, 3.63) is 0 Å². The summed E-state index contributed by atoms with van der Waals surface area (Å²) < 4.78 is 4.94. The summed E-state index contributed by atoms with van der Waals surface area (Å²) >= 11 is 0. The molecule has 1 amide bonds. The van der Waals surface area contributed by atoms with E-state index in [9.17, 15) is 4.79 Å². The first-order valence-corrected chi connectivity index (χ1v) is 7.90. The van der Waals surface area contributed by atoms with Gasteiger partial charge in [0.25, 0.3) is 0 Å². The molecule has 0 aliphatic rings. The molecule has 0 aromatic rings. The fourth-order valence-corrected chi connectivity index (χ4v) is 1.34. The first-order valence-electron chi connectivity index (χ1n) is 4.40. The molecule has 0 heterocycles. The Hall–Kier alpha value is -0.513. The molecular formula is C8H19NO2Si. The van der Waals surface area contributed by atoms with Gasteiger partial charge in [0.15, 0.2) is 8.24 Å². The molecule has 0 spiro atoms. The number of hydrogen-bond donors (Lipinski definition) is 1. The maximum absolute atomic E-state index is 11.0. The van der Waals surface area contributed by atoms with Gasteiger partial charge in [0.05, 0.1) is 6.61 Å². The molecule has 0 saturated carbocycles. The van der Waals surface area contributed by atoms with Gasteiger partial charge in [-0.3, -0.25) is 0 Å².